The van der Waals surface area contributed by atoms with E-state index < -0.39 is 11.2 Å². The largest absolute Gasteiger partial charge is 0.352 e. The molecule has 27 heavy (non-hydrogen) atoms. The zero-order valence-corrected chi connectivity index (χ0v) is 16.7. The highest BCUT2D eigenvalue weighted by Crippen LogP contribution is 2.20. The van der Waals surface area contributed by atoms with E-state index >= 15 is 0 Å². The van der Waals surface area contributed by atoms with Gasteiger partial charge in [-0.1, -0.05) is 27.7 Å². The van der Waals surface area contributed by atoms with Gasteiger partial charge in [0.2, 0.25) is 0 Å². The average Bonchev–Trinajstić information content (AvgIpc) is 2.60. The fourth-order valence-electron chi connectivity index (χ4n) is 2.87. The molecule has 0 fully saturated rings. The van der Waals surface area contributed by atoms with Crippen LogP contribution in [-0.4, -0.2) is 40.6 Å². The Labute approximate surface area is 158 Å². The molecule has 0 aliphatic carbocycles. The number of rotatable bonds is 8. The number of amides is 1. The molecule has 0 aromatic carbocycles. The van der Waals surface area contributed by atoms with E-state index in [1.807, 2.05) is 34.7 Å². The average molecular weight is 375 g/mol. The molecule has 2 aromatic rings. The third-order valence-electron chi connectivity index (χ3n) is 4.24. The maximum Gasteiger partial charge on any atom is 0.330 e. The van der Waals surface area contributed by atoms with Crippen LogP contribution in [0.25, 0.3) is 11.0 Å². The first-order valence-electron chi connectivity index (χ1n) is 9.36. The van der Waals surface area contributed by atoms with E-state index in [1.165, 1.54) is 4.57 Å². The molecule has 2 aromatic heterocycles. The highest BCUT2D eigenvalue weighted by atomic mass is 16.2. The number of aromatic nitrogens is 3. The van der Waals surface area contributed by atoms with Crippen molar-refractivity contribution in [1.82, 2.24) is 25.2 Å². The smallest absolute Gasteiger partial charge is 0.330 e. The first-order valence-corrected chi connectivity index (χ1v) is 9.36. The van der Waals surface area contributed by atoms with Crippen LogP contribution in [0.1, 0.15) is 56.1 Å². The van der Waals surface area contributed by atoms with Crippen molar-refractivity contribution in [3.63, 3.8) is 0 Å². The number of carbonyl (C=O) groups is 1. The van der Waals surface area contributed by atoms with Gasteiger partial charge in [0.1, 0.15) is 0 Å². The SMILES string of the molecule is CNCCCNC(=O)c1cc(C(C)C)nc2c1c(=O)[nH]c(=O)n2CC(C)C. The molecule has 0 atom stereocenters. The summed E-state index contributed by atoms with van der Waals surface area (Å²) in [5, 5.41) is 6.03. The quantitative estimate of drug-likeness (QED) is 0.601. The van der Waals surface area contributed by atoms with Crippen LogP contribution in [0.3, 0.4) is 0 Å². The van der Waals surface area contributed by atoms with Crippen LogP contribution < -0.4 is 21.9 Å². The van der Waals surface area contributed by atoms with Crippen LogP contribution in [0.2, 0.25) is 0 Å². The number of H-pyrrole nitrogens is 1. The molecule has 0 aliphatic rings. The van der Waals surface area contributed by atoms with E-state index in [0.29, 0.717) is 18.8 Å². The number of nitrogens with one attached hydrogen (secondary N) is 3. The predicted octanol–water partition coefficient (Wildman–Crippen LogP) is 1.20. The maximum absolute atomic E-state index is 12.8. The van der Waals surface area contributed by atoms with Crippen LogP contribution in [0, 0.1) is 5.92 Å². The van der Waals surface area contributed by atoms with Gasteiger partial charge in [-0.15, -0.1) is 0 Å². The Morgan fingerprint density at radius 3 is 2.52 bits per heavy atom. The third kappa shape index (κ3) is 4.82. The molecule has 3 N–H and O–H groups in total. The Hall–Kier alpha value is -2.48. The summed E-state index contributed by atoms with van der Waals surface area (Å²) in [5.74, 6) is -0.104. The molecule has 1 amide bonds. The Morgan fingerprint density at radius 2 is 1.93 bits per heavy atom. The lowest BCUT2D eigenvalue weighted by Gasteiger charge is -2.16. The topological polar surface area (TPSA) is 109 Å². The zero-order chi connectivity index (χ0) is 20.1. The third-order valence-corrected chi connectivity index (χ3v) is 4.24. The van der Waals surface area contributed by atoms with E-state index in [-0.39, 0.29) is 34.3 Å². The molecule has 0 spiro atoms. The van der Waals surface area contributed by atoms with E-state index in [0.717, 1.165) is 13.0 Å². The summed E-state index contributed by atoms with van der Waals surface area (Å²) in [7, 11) is 1.85. The Balaban J connectivity index is 2.66. The van der Waals surface area contributed by atoms with Gasteiger partial charge in [0.25, 0.3) is 11.5 Å². The molecule has 2 heterocycles. The van der Waals surface area contributed by atoms with Crippen molar-refractivity contribution >= 4 is 16.9 Å². The van der Waals surface area contributed by atoms with Crippen molar-refractivity contribution < 1.29 is 4.79 Å². The van der Waals surface area contributed by atoms with Gasteiger partial charge in [0, 0.05) is 18.8 Å². The van der Waals surface area contributed by atoms with E-state index in [2.05, 4.69) is 20.6 Å². The molecular formula is C19H29N5O3. The van der Waals surface area contributed by atoms with Crippen molar-refractivity contribution in [2.75, 3.05) is 20.1 Å². The van der Waals surface area contributed by atoms with Gasteiger partial charge in [0.05, 0.1) is 10.9 Å². The monoisotopic (exact) mass is 375 g/mol. The number of carbonyl (C=O) groups excluding carboxylic acids is 1. The Kier molecular flexibility index (Phi) is 6.90. The molecule has 0 bridgehead atoms. The standard InChI is InChI=1S/C19H29N5O3/c1-11(2)10-24-16-15(18(26)23-19(24)27)13(9-14(22-16)12(3)4)17(25)21-8-6-7-20-5/h9,11-12,20H,6-8,10H2,1-5H3,(H,21,25)(H,23,26,27). The molecule has 0 radical (unpaired) electrons. The second-order valence-electron chi connectivity index (χ2n) is 7.42. The highest BCUT2D eigenvalue weighted by Gasteiger charge is 2.20. The minimum absolute atomic E-state index is 0.0483. The van der Waals surface area contributed by atoms with Crippen LogP contribution >= 0.6 is 0 Å². The van der Waals surface area contributed by atoms with E-state index in [9.17, 15) is 14.4 Å². The summed E-state index contributed by atoms with van der Waals surface area (Å²) < 4.78 is 1.45. The van der Waals surface area contributed by atoms with Crippen LogP contribution in [0.4, 0.5) is 0 Å². The molecule has 8 nitrogen and oxygen atoms in total. The van der Waals surface area contributed by atoms with Crippen LogP contribution in [-0.2, 0) is 6.54 Å². The van der Waals surface area contributed by atoms with Crippen molar-refractivity contribution in [2.24, 2.45) is 5.92 Å². The second kappa shape index (κ2) is 8.94. The van der Waals surface area contributed by atoms with Crippen molar-refractivity contribution in [3.8, 4) is 0 Å². The lowest BCUT2D eigenvalue weighted by atomic mass is 10.0. The van der Waals surface area contributed by atoms with Gasteiger partial charge in [-0.25, -0.2) is 9.78 Å². The first-order chi connectivity index (χ1) is 12.8. The fraction of sp³-hybridized carbons (Fsp3) is 0.579. The summed E-state index contributed by atoms with van der Waals surface area (Å²) in [6, 6.07) is 1.65. The van der Waals surface area contributed by atoms with E-state index in [1.54, 1.807) is 6.07 Å². The van der Waals surface area contributed by atoms with Crippen molar-refractivity contribution in [2.45, 2.75) is 46.6 Å². The minimum Gasteiger partial charge on any atom is -0.352 e. The summed E-state index contributed by atoms with van der Waals surface area (Å²) in [4.78, 5) is 44.5. The zero-order valence-electron chi connectivity index (χ0n) is 16.7. The fourth-order valence-corrected chi connectivity index (χ4v) is 2.87. The van der Waals surface area contributed by atoms with Crippen molar-refractivity contribution in [3.05, 3.63) is 38.2 Å². The molecule has 8 heteroatoms. The van der Waals surface area contributed by atoms with Gasteiger partial charge >= 0.3 is 5.69 Å². The Morgan fingerprint density at radius 1 is 1.22 bits per heavy atom. The lowest BCUT2D eigenvalue weighted by Crippen LogP contribution is -2.34. The van der Waals surface area contributed by atoms with Gasteiger partial charge in [0.15, 0.2) is 5.65 Å². The first kappa shape index (κ1) is 20.8. The normalized spacial score (nSPS) is 11.5. The molecule has 148 valence electrons. The van der Waals surface area contributed by atoms with Gasteiger partial charge in [-0.3, -0.25) is 19.1 Å². The molecule has 0 saturated carbocycles. The van der Waals surface area contributed by atoms with Gasteiger partial charge in [-0.2, -0.15) is 0 Å². The molecular weight excluding hydrogens is 346 g/mol. The molecule has 2 rings (SSSR count). The summed E-state index contributed by atoms with van der Waals surface area (Å²) in [5.41, 5.74) is 0.106. The molecule has 0 aliphatic heterocycles. The summed E-state index contributed by atoms with van der Waals surface area (Å²) in [6.07, 6.45) is 0.775. The van der Waals surface area contributed by atoms with E-state index in [4.69, 9.17) is 0 Å². The number of pyridine rings is 1. The minimum atomic E-state index is -0.585. The number of hydrogen-bond donors (Lipinski definition) is 3. The number of fused-ring (bicyclic) bond motifs is 1. The molecule has 0 saturated heterocycles. The Bertz CT molecular complexity index is 927. The van der Waals surface area contributed by atoms with Crippen molar-refractivity contribution in [1.29, 1.82) is 0 Å². The highest BCUT2D eigenvalue weighted by molar-refractivity contribution is 6.05. The summed E-state index contributed by atoms with van der Waals surface area (Å²) >= 11 is 0. The second-order valence-corrected chi connectivity index (χ2v) is 7.42. The number of hydrogen-bond acceptors (Lipinski definition) is 5. The maximum atomic E-state index is 12.8. The molecule has 0 unspecified atom stereocenters. The van der Waals surface area contributed by atoms with Crippen LogP contribution in [0.5, 0.6) is 0 Å². The van der Waals surface area contributed by atoms with Gasteiger partial charge < -0.3 is 10.6 Å². The lowest BCUT2D eigenvalue weighted by molar-refractivity contribution is 0.0954. The number of aromatic amines is 1. The van der Waals surface area contributed by atoms with Crippen LogP contribution in [0.15, 0.2) is 15.7 Å². The predicted molar refractivity (Wildman–Crippen MR) is 106 cm³/mol. The number of nitrogens with zero attached hydrogens (tertiary/aromatic N) is 2. The summed E-state index contributed by atoms with van der Waals surface area (Å²) in [6.45, 7) is 9.55. The van der Waals surface area contributed by atoms with Gasteiger partial charge in [-0.05, 0) is 37.9 Å².